The summed E-state index contributed by atoms with van der Waals surface area (Å²) in [4.78, 5) is 33.7. The van der Waals surface area contributed by atoms with Gasteiger partial charge in [-0.2, -0.15) is 13.2 Å². The van der Waals surface area contributed by atoms with Gasteiger partial charge < -0.3 is 19.3 Å². The maximum atomic E-state index is 14.8. The van der Waals surface area contributed by atoms with Crippen LogP contribution in [0, 0.1) is 5.82 Å². The first-order valence-electron chi connectivity index (χ1n) is 13.9. The van der Waals surface area contributed by atoms with E-state index in [4.69, 9.17) is 9.47 Å². The average Bonchev–Trinajstić information content (AvgIpc) is 3.28. The summed E-state index contributed by atoms with van der Waals surface area (Å²) in [6.45, 7) is 5.30. The molecule has 228 valence electrons. The molecule has 0 bridgehead atoms. The van der Waals surface area contributed by atoms with Gasteiger partial charge in [0.1, 0.15) is 29.6 Å². The quantitative estimate of drug-likeness (QED) is 0.254. The van der Waals surface area contributed by atoms with Crippen molar-refractivity contribution in [2.75, 3.05) is 18.0 Å². The summed E-state index contributed by atoms with van der Waals surface area (Å²) in [6, 6.07) is 18.0. The van der Waals surface area contributed by atoms with Crippen molar-refractivity contribution in [3.63, 3.8) is 0 Å². The molecule has 0 radical (unpaired) electrons. The van der Waals surface area contributed by atoms with Gasteiger partial charge in [0.05, 0.1) is 12.1 Å². The minimum absolute atomic E-state index is 0.0539. The van der Waals surface area contributed by atoms with Crippen LogP contribution in [0.4, 0.5) is 23.4 Å². The lowest BCUT2D eigenvalue weighted by molar-refractivity contribution is -0.141. The Bertz CT molecular complexity index is 1780. The van der Waals surface area contributed by atoms with E-state index < -0.39 is 23.2 Å². The zero-order valence-electron chi connectivity index (χ0n) is 23.8. The van der Waals surface area contributed by atoms with Crippen molar-refractivity contribution in [3.05, 3.63) is 112 Å². The summed E-state index contributed by atoms with van der Waals surface area (Å²) < 4.78 is 66.5. The number of aromatic nitrogens is 2. The van der Waals surface area contributed by atoms with Crippen molar-refractivity contribution in [1.29, 1.82) is 0 Å². The van der Waals surface area contributed by atoms with E-state index >= 15 is 0 Å². The van der Waals surface area contributed by atoms with Crippen LogP contribution in [0.25, 0.3) is 0 Å². The Morgan fingerprint density at radius 3 is 2.52 bits per heavy atom. The van der Waals surface area contributed by atoms with Crippen molar-refractivity contribution >= 4 is 11.7 Å². The van der Waals surface area contributed by atoms with Crippen molar-refractivity contribution < 1.29 is 31.8 Å². The van der Waals surface area contributed by atoms with Crippen LogP contribution in [0.1, 0.15) is 35.5 Å². The van der Waals surface area contributed by atoms with Crippen molar-refractivity contribution in [2.45, 2.75) is 44.8 Å². The fourth-order valence-electron chi connectivity index (χ4n) is 5.72. The molecule has 8 nitrogen and oxygen atoms in total. The molecule has 4 heterocycles. The zero-order chi connectivity index (χ0) is 31.2. The number of fused-ring (bicyclic) bond motifs is 3. The molecular formula is C32H28F4N4O4. The van der Waals surface area contributed by atoms with Gasteiger partial charge in [-0.25, -0.2) is 4.39 Å². The summed E-state index contributed by atoms with van der Waals surface area (Å²) in [7, 11) is 0. The number of carbonyl (C=O) groups excluding carboxylic acids is 1. The zero-order valence-corrected chi connectivity index (χ0v) is 23.8. The molecule has 2 atom stereocenters. The van der Waals surface area contributed by atoms with Crippen LogP contribution in [0.5, 0.6) is 17.2 Å². The van der Waals surface area contributed by atoms with Gasteiger partial charge in [-0.3, -0.25) is 19.1 Å². The third-order valence-electron chi connectivity index (χ3n) is 7.93. The molecule has 12 heteroatoms. The predicted octanol–water partition coefficient (Wildman–Crippen LogP) is 5.90. The van der Waals surface area contributed by atoms with E-state index in [2.05, 4.69) is 9.88 Å². The fourth-order valence-corrected chi connectivity index (χ4v) is 5.72. The Balaban J connectivity index is 1.15. The molecule has 2 aliphatic heterocycles. The van der Waals surface area contributed by atoms with Crippen molar-refractivity contribution in [3.8, 4) is 17.2 Å². The van der Waals surface area contributed by atoms with Crippen LogP contribution in [-0.4, -0.2) is 45.0 Å². The molecule has 2 aromatic heterocycles. The molecule has 0 saturated carbocycles. The van der Waals surface area contributed by atoms with Gasteiger partial charge in [0, 0.05) is 49.1 Å². The van der Waals surface area contributed by atoms with Gasteiger partial charge in [0.25, 0.3) is 11.5 Å². The largest absolute Gasteiger partial charge is 0.489 e. The number of rotatable bonds is 6. The Morgan fingerprint density at radius 2 is 1.80 bits per heavy atom. The van der Waals surface area contributed by atoms with E-state index in [1.807, 2.05) is 36.9 Å². The number of hydrogen-bond donors (Lipinski definition) is 0. The second-order valence-electron chi connectivity index (χ2n) is 11.3. The Kier molecular flexibility index (Phi) is 7.30. The van der Waals surface area contributed by atoms with Crippen LogP contribution in [0.3, 0.4) is 0 Å². The van der Waals surface area contributed by atoms with E-state index in [0.717, 1.165) is 12.3 Å². The fraction of sp³-hybridized carbons (Fsp3) is 0.281. The third kappa shape index (κ3) is 5.59. The predicted molar refractivity (Wildman–Crippen MR) is 153 cm³/mol. The third-order valence-corrected chi connectivity index (χ3v) is 7.93. The Hall–Kier alpha value is -4.87. The molecule has 44 heavy (non-hydrogen) atoms. The molecule has 0 unspecified atom stereocenters. The lowest BCUT2D eigenvalue weighted by atomic mass is 9.94. The maximum absolute atomic E-state index is 14.8. The monoisotopic (exact) mass is 608 g/mol. The summed E-state index contributed by atoms with van der Waals surface area (Å²) in [5.74, 6) is -0.333. The molecule has 0 spiro atoms. The number of nitrogens with zero attached hydrogens (tertiary/aromatic N) is 4. The summed E-state index contributed by atoms with van der Waals surface area (Å²) >= 11 is 0. The number of pyridine rings is 2. The lowest BCUT2D eigenvalue weighted by Crippen LogP contribution is -2.64. The topological polar surface area (TPSA) is 76.9 Å². The number of alkyl halides is 3. The van der Waals surface area contributed by atoms with Gasteiger partial charge in [0.15, 0.2) is 11.6 Å². The minimum atomic E-state index is -4.66. The first kappa shape index (κ1) is 29.2. The molecule has 0 N–H and O–H groups in total. The molecule has 4 aromatic rings. The van der Waals surface area contributed by atoms with Gasteiger partial charge in [-0.15, -0.1) is 0 Å². The van der Waals surface area contributed by atoms with E-state index in [1.54, 1.807) is 22.8 Å². The molecule has 6 rings (SSSR count). The van der Waals surface area contributed by atoms with Crippen LogP contribution in [0.15, 0.2) is 83.8 Å². The van der Waals surface area contributed by atoms with Crippen LogP contribution < -0.4 is 19.9 Å². The Morgan fingerprint density at radius 1 is 1.02 bits per heavy atom. The van der Waals surface area contributed by atoms with E-state index in [1.165, 1.54) is 24.3 Å². The second kappa shape index (κ2) is 11.0. The molecule has 0 aliphatic carbocycles. The van der Waals surface area contributed by atoms with E-state index in [0.29, 0.717) is 48.4 Å². The van der Waals surface area contributed by atoms with Crippen LogP contribution in [0.2, 0.25) is 0 Å². The summed E-state index contributed by atoms with van der Waals surface area (Å²) in [6.07, 6.45) is -3.73. The first-order chi connectivity index (χ1) is 20.9. The van der Waals surface area contributed by atoms with Crippen LogP contribution >= 0.6 is 0 Å². The van der Waals surface area contributed by atoms with E-state index in [9.17, 15) is 27.2 Å². The average molecular weight is 609 g/mol. The molecule has 1 fully saturated rings. The van der Waals surface area contributed by atoms with Crippen molar-refractivity contribution in [2.24, 2.45) is 0 Å². The number of anilines is 1. The molecular weight excluding hydrogens is 580 g/mol. The molecule has 1 saturated heterocycles. The van der Waals surface area contributed by atoms with Gasteiger partial charge in [0.2, 0.25) is 0 Å². The summed E-state index contributed by atoms with van der Waals surface area (Å²) in [5, 5.41) is 0. The number of hydrogen-bond acceptors (Lipinski definition) is 6. The van der Waals surface area contributed by atoms with Gasteiger partial charge >= 0.3 is 6.18 Å². The number of halogens is 4. The van der Waals surface area contributed by atoms with Crippen molar-refractivity contribution in [1.82, 2.24) is 14.5 Å². The Labute approximate surface area is 250 Å². The highest BCUT2D eigenvalue weighted by molar-refractivity contribution is 5.94. The minimum Gasteiger partial charge on any atom is -0.489 e. The SMILES string of the molecule is C[C@H]1CN2c3cc(OCc4ccc(Oc5ccnc(C(F)(F)F)c5)c(F)c4)cc(=O)n3C[C@]2(C)CN1C(=O)c1ccccc1. The number of amides is 1. The van der Waals surface area contributed by atoms with E-state index in [-0.39, 0.29) is 35.6 Å². The highest BCUT2D eigenvalue weighted by Gasteiger charge is 2.48. The lowest BCUT2D eigenvalue weighted by Gasteiger charge is -2.48. The second-order valence-corrected chi connectivity index (χ2v) is 11.3. The first-order valence-corrected chi connectivity index (χ1v) is 13.9. The maximum Gasteiger partial charge on any atom is 0.433 e. The van der Waals surface area contributed by atoms with Gasteiger partial charge in [-0.05, 0) is 49.7 Å². The number of carbonyl (C=O) groups is 1. The summed E-state index contributed by atoms with van der Waals surface area (Å²) in [5.41, 5.74) is -0.872. The smallest absolute Gasteiger partial charge is 0.433 e. The highest BCUT2D eigenvalue weighted by atomic mass is 19.4. The molecule has 2 aliphatic rings. The standard InChI is InChI=1S/C32H28F4N4O4/c1-20-16-40-28-14-24(15-29(41)39(28)19-31(40,2)18-38(20)30(42)22-6-4-3-5-7-22)43-17-21-8-9-26(25(33)12-21)44-23-10-11-37-27(13-23)32(34,35)36/h3-15,20H,16-19H2,1-2H3/t20-,31-/m0/s1. The highest BCUT2D eigenvalue weighted by Crippen LogP contribution is 2.39. The van der Waals surface area contributed by atoms with Crippen LogP contribution in [-0.2, 0) is 19.3 Å². The number of ether oxygens (including phenoxy) is 2. The molecule has 2 aromatic carbocycles. The number of piperazine rings is 1. The normalized spacial score (nSPS) is 19.4. The number of benzene rings is 2. The van der Waals surface area contributed by atoms with Gasteiger partial charge in [-0.1, -0.05) is 24.3 Å². The molecule has 1 amide bonds.